The van der Waals surface area contributed by atoms with Gasteiger partial charge >= 0.3 is 0 Å². The summed E-state index contributed by atoms with van der Waals surface area (Å²) in [4.78, 5) is 0. The second-order valence-corrected chi connectivity index (χ2v) is 5.53. The van der Waals surface area contributed by atoms with Gasteiger partial charge in [0.15, 0.2) is 0 Å². The molecule has 0 aliphatic carbocycles. The molecule has 1 aromatic carbocycles. The zero-order valence-electron chi connectivity index (χ0n) is 12.2. The van der Waals surface area contributed by atoms with Gasteiger partial charge in [0.05, 0.1) is 12.7 Å². The van der Waals surface area contributed by atoms with Crippen LogP contribution >= 0.6 is 0 Å². The molecule has 1 heterocycles. The maximum atomic E-state index is 5.88. The standard InChI is InChI=1S/C16H25NO2/c1-4-16(2)11-14(9-10-19-16)17-12-13-7-5-6-8-15(13)18-3/h5-8,14,17H,4,9-12H2,1-3H3. The van der Waals surface area contributed by atoms with E-state index in [1.54, 1.807) is 7.11 Å². The van der Waals surface area contributed by atoms with Crippen molar-refractivity contribution in [3.63, 3.8) is 0 Å². The minimum Gasteiger partial charge on any atom is -0.496 e. The summed E-state index contributed by atoms with van der Waals surface area (Å²) in [5.74, 6) is 0.959. The van der Waals surface area contributed by atoms with Gasteiger partial charge in [0.25, 0.3) is 0 Å². The van der Waals surface area contributed by atoms with Crippen LogP contribution in [0.5, 0.6) is 5.75 Å². The molecule has 1 aliphatic rings. The molecular weight excluding hydrogens is 238 g/mol. The van der Waals surface area contributed by atoms with Crippen LogP contribution in [0.2, 0.25) is 0 Å². The van der Waals surface area contributed by atoms with E-state index in [9.17, 15) is 0 Å². The fraction of sp³-hybridized carbons (Fsp3) is 0.625. The zero-order valence-corrected chi connectivity index (χ0v) is 12.2. The van der Waals surface area contributed by atoms with E-state index in [-0.39, 0.29) is 5.60 Å². The van der Waals surface area contributed by atoms with Gasteiger partial charge in [-0.05, 0) is 32.3 Å². The largest absolute Gasteiger partial charge is 0.496 e. The number of hydrogen-bond donors (Lipinski definition) is 1. The second-order valence-electron chi connectivity index (χ2n) is 5.53. The van der Waals surface area contributed by atoms with Crippen LogP contribution in [0.4, 0.5) is 0 Å². The Morgan fingerprint density at radius 3 is 2.95 bits per heavy atom. The van der Waals surface area contributed by atoms with Crippen LogP contribution in [0, 0.1) is 0 Å². The van der Waals surface area contributed by atoms with Crippen molar-refractivity contribution < 1.29 is 9.47 Å². The smallest absolute Gasteiger partial charge is 0.123 e. The van der Waals surface area contributed by atoms with Crippen LogP contribution in [-0.4, -0.2) is 25.4 Å². The Morgan fingerprint density at radius 1 is 1.42 bits per heavy atom. The summed E-state index contributed by atoms with van der Waals surface area (Å²) >= 11 is 0. The first-order valence-corrected chi connectivity index (χ1v) is 7.16. The van der Waals surface area contributed by atoms with Crippen LogP contribution in [0.15, 0.2) is 24.3 Å². The van der Waals surface area contributed by atoms with Crippen molar-refractivity contribution in [1.29, 1.82) is 0 Å². The van der Waals surface area contributed by atoms with Crippen molar-refractivity contribution >= 4 is 0 Å². The van der Waals surface area contributed by atoms with Crippen LogP contribution in [0.25, 0.3) is 0 Å². The molecule has 1 aromatic rings. The van der Waals surface area contributed by atoms with Crippen molar-refractivity contribution in [2.45, 2.75) is 51.3 Å². The van der Waals surface area contributed by atoms with Crippen LogP contribution in [0.1, 0.15) is 38.7 Å². The molecule has 106 valence electrons. The minimum atomic E-state index is 0.0384. The summed E-state index contributed by atoms with van der Waals surface area (Å²) in [6, 6.07) is 8.72. The highest BCUT2D eigenvalue weighted by Crippen LogP contribution is 2.28. The quantitative estimate of drug-likeness (QED) is 0.885. The minimum absolute atomic E-state index is 0.0384. The molecule has 1 N–H and O–H groups in total. The lowest BCUT2D eigenvalue weighted by Gasteiger charge is -2.38. The van der Waals surface area contributed by atoms with Gasteiger partial charge in [-0.2, -0.15) is 0 Å². The lowest BCUT2D eigenvalue weighted by Crippen LogP contribution is -2.44. The fourth-order valence-electron chi connectivity index (χ4n) is 2.65. The molecule has 0 radical (unpaired) electrons. The van der Waals surface area contributed by atoms with Gasteiger partial charge in [-0.3, -0.25) is 0 Å². The summed E-state index contributed by atoms with van der Waals surface area (Å²) in [6.07, 6.45) is 3.24. The highest BCUT2D eigenvalue weighted by atomic mass is 16.5. The van der Waals surface area contributed by atoms with Crippen molar-refractivity contribution in [2.75, 3.05) is 13.7 Å². The van der Waals surface area contributed by atoms with Gasteiger partial charge in [-0.25, -0.2) is 0 Å². The molecule has 1 aliphatic heterocycles. The van der Waals surface area contributed by atoms with Gasteiger partial charge in [-0.15, -0.1) is 0 Å². The highest BCUT2D eigenvalue weighted by Gasteiger charge is 2.31. The molecule has 1 fully saturated rings. The van der Waals surface area contributed by atoms with Crippen molar-refractivity contribution in [1.82, 2.24) is 5.32 Å². The first-order chi connectivity index (χ1) is 9.17. The molecule has 0 amide bonds. The molecule has 0 aromatic heterocycles. The lowest BCUT2D eigenvalue weighted by atomic mass is 9.90. The number of hydrogen-bond acceptors (Lipinski definition) is 3. The third kappa shape index (κ3) is 3.71. The molecule has 3 nitrogen and oxygen atoms in total. The van der Waals surface area contributed by atoms with Gasteiger partial charge < -0.3 is 14.8 Å². The monoisotopic (exact) mass is 263 g/mol. The predicted molar refractivity (Wildman–Crippen MR) is 77.5 cm³/mol. The van der Waals surface area contributed by atoms with E-state index in [0.29, 0.717) is 6.04 Å². The summed E-state index contributed by atoms with van der Waals surface area (Å²) in [6.45, 7) is 6.12. The molecule has 0 saturated carbocycles. The van der Waals surface area contributed by atoms with E-state index >= 15 is 0 Å². The normalized spacial score (nSPS) is 27.2. The Morgan fingerprint density at radius 2 is 2.21 bits per heavy atom. The van der Waals surface area contributed by atoms with E-state index in [0.717, 1.165) is 38.2 Å². The first-order valence-electron chi connectivity index (χ1n) is 7.16. The third-order valence-corrected chi connectivity index (χ3v) is 4.12. The number of ether oxygens (including phenoxy) is 2. The van der Waals surface area contributed by atoms with Gasteiger partial charge in [-0.1, -0.05) is 25.1 Å². The van der Waals surface area contributed by atoms with Crippen molar-refractivity contribution in [2.24, 2.45) is 0 Å². The second kappa shape index (κ2) is 6.40. The molecular formula is C16H25NO2. The number of benzene rings is 1. The van der Waals surface area contributed by atoms with Crippen LogP contribution in [-0.2, 0) is 11.3 Å². The van der Waals surface area contributed by atoms with Crippen molar-refractivity contribution in [3.05, 3.63) is 29.8 Å². The van der Waals surface area contributed by atoms with E-state index in [1.165, 1.54) is 5.56 Å². The Kier molecular flexibility index (Phi) is 4.83. The van der Waals surface area contributed by atoms with Crippen molar-refractivity contribution in [3.8, 4) is 5.75 Å². The summed E-state index contributed by atoms with van der Waals surface area (Å²) in [7, 11) is 1.72. The number of nitrogens with one attached hydrogen (secondary N) is 1. The number of para-hydroxylation sites is 1. The molecule has 19 heavy (non-hydrogen) atoms. The SMILES string of the molecule is CCC1(C)CC(NCc2ccccc2OC)CCO1. The molecule has 0 bridgehead atoms. The zero-order chi connectivity index (χ0) is 13.7. The topological polar surface area (TPSA) is 30.5 Å². The van der Waals surface area contributed by atoms with E-state index in [1.807, 2.05) is 12.1 Å². The Bertz CT molecular complexity index is 407. The fourth-order valence-corrected chi connectivity index (χ4v) is 2.65. The summed E-state index contributed by atoms with van der Waals surface area (Å²) < 4.78 is 11.3. The highest BCUT2D eigenvalue weighted by molar-refractivity contribution is 5.33. The molecule has 2 atom stereocenters. The molecule has 0 spiro atoms. The van der Waals surface area contributed by atoms with E-state index in [4.69, 9.17) is 9.47 Å². The molecule has 2 unspecified atom stereocenters. The first kappa shape index (κ1) is 14.4. The van der Waals surface area contributed by atoms with Gasteiger partial charge in [0, 0.05) is 24.8 Å². The Hall–Kier alpha value is -1.06. The summed E-state index contributed by atoms with van der Waals surface area (Å²) in [5.41, 5.74) is 1.26. The predicted octanol–water partition coefficient (Wildman–Crippen LogP) is 3.13. The maximum Gasteiger partial charge on any atom is 0.123 e. The van der Waals surface area contributed by atoms with Crippen LogP contribution in [0.3, 0.4) is 0 Å². The van der Waals surface area contributed by atoms with E-state index < -0.39 is 0 Å². The Labute approximate surface area is 116 Å². The lowest BCUT2D eigenvalue weighted by molar-refractivity contribution is -0.0781. The maximum absolute atomic E-state index is 5.88. The van der Waals surface area contributed by atoms with Crippen LogP contribution < -0.4 is 10.1 Å². The third-order valence-electron chi connectivity index (χ3n) is 4.12. The number of rotatable bonds is 5. The average Bonchev–Trinajstić information content (AvgIpc) is 2.45. The average molecular weight is 263 g/mol. The van der Waals surface area contributed by atoms with Gasteiger partial charge in [0.1, 0.15) is 5.75 Å². The van der Waals surface area contributed by atoms with Gasteiger partial charge in [0.2, 0.25) is 0 Å². The molecule has 1 saturated heterocycles. The van der Waals surface area contributed by atoms with E-state index in [2.05, 4.69) is 31.3 Å². The molecule has 2 rings (SSSR count). The molecule has 3 heteroatoms. The summed E-state index contributed by atoms with van der Waals surface area (Å²) in [5, 5.41) is 3.64. The Balaban J connectivity index is 1.91. The number of methoxy groups -OCH3 is 1.